The Morgan fingerprint density at radius 2 is 2.15 bits per heavy atom. The zero-order chi connectivity index (χ0) is 18.3. The molecule has 4 rings (SSSR count). The summed E-state index contributed by atoms with van der Waals surface area (Å²) in [6.45, 7) is 7.14. The number of carbonyl (C=O) groups excluding carboxylic acids is 1. The highest BCUT2D eigenvalue weighted by Gasteiger charge is 2.29. The predicted octanol–water partition coefficient (Wildman–Crippen LogP) is 4.04. The molecule has 136 valence electrons. The number of thiazole rings is 1. The van der Waals surface area contributed by atoms with Crippen molar-refractivity contribution < 1.29 is 14.1 Å². The highest BCUT2D eigenvalue weighted by Crippen LogP contribution is 2.33. The van der Waals surface area contributed by atoms with E-state index in [1.54, 1.807) is 17.9 Å². The van der Waals surface area contributed by atoms with E-state index >= 15 is 0 Å². The van der Waals surface area contributed by atoms with E-state index < -0.39 is 0 Å². The van der Waals surface area contributed by atoms with Gasteiger partial charge in [-0.2, -0.15) is 0 Å². The summed E-state index contributed by atoms with van der Waals surface area (Å²) in [6, 6.07) is 5.85. The van der Waals surface area contributed by atoms with Gasteiger partial charge in [-0.25, -0.2) is 4.98 Å². The van der Waals surface area contributed by atoms with Crippen molar-refractivity contribution in [2.75, 3.05) is 18.1 Å². The Balaban J connectivity index is 1.74. The van der Waals surface area contributed by atoms with Crippen molar-refractivity contribution in [2.24, 2.45) is 0 Å². The third kappa shape index (κ3) is 3.24. The lowest BCUT2D eigenvalue weighted by Gasteiger charge is -2.21. The molecule has 0 aliphatic carbocycles. The number of fused-ring (bicyclic) bond motifs is 1. The SMILES string of the molecule is Cc1cc(C)c2sc(N(C[C@H]3CCCO3)C(=O)c3cc(C)no3)nc2c1. The number of hydrogen-bond donors (Lipinski definition) is 0. The smallest absolute Gasteiger partial charge is 0.298 e. The molecule has 7 heteroatoms. The number of aryl methyl sites for hydroxylation is 3. The first kappa shape index (κ1) is 17.2. The Kier molecular flexibility index (Phi) is 4.50. The van der Waals surface area contributed by atoms with E-state index in [1.165, 1.54) is 16.9 Å². The second-order valence-corrected chi connectivity index (χ2v) is 7.79. The van der Waals surface area contributed by atoms with Crippen LogP contribution in [-0.4, -0.2) is 35.3 Å². The predicted molar refractivity (Wildman–Crippen MR) is 101 cm³/mol. The minimum atomic E-state index is -0.227. The zero-order valence-electron chi connectivity index (χ0n) is 15.1. The second kappa shape index (κ2) is 6.81. The highest BCUT2D eigenvalue weighted by atomic mass is 32.1. The summed E-state index contributed by atoms with van der Waals surface area (Å²) in [7, 11) is 0. The first-order chi connectivity index (χ1) is 12.5. The summed E-state index contributed by atoms with van der Waals surface area (Å²) in [5, 5.41) is 4.51. The number of benzene rings is 1. The number of rotatable bonds is 4. The topological polar surface area (TPSA) is 68.5 Å². The molecule has 0 radical (unpaired) electrons. The molecule has 0 N–H and O–H groups in total. The Morgan fingerprint density at radius 3 is 2.85 bits per heavy atom. The lowest BCUT2D eigenvalue weighted by Crippen LogP contribution is -2.37. The molecular formula is C19H21N3O3S. The van der Waals surface area contributed by atoms with Gasteiger partial charge in [0.05, 0.1) is 28.6 Å². The minimum absolute atomic E-state index is 0.0258. The summed E-state index contributed by atoms with van der Waals surface area (Å²) >= 11 is 1.53. The molecule has 2 aromatic heterocycles. The summed E-state index contributed by atoms with van der Waals surface area (Å²) in [4.78, 5) is 19.5. The Bertz CT molecular complexity index is 956. The van der Waals surface area contributed by atoms with Crippen molar-refractivity contribution in [3.05, 3.63) is 40.8 Å². The van der Waals surface area contributed by atoms with E-state index in [0.717, 1.165) is 35.2 Å². The largest absolute Gasteiger partial charge is 0.376 e. The van der Waals surface area contributed by atoms with E-state index in [9.17, 15) is 4.79 Å². The molecule has 0 bridgehead atoms. The molecule has 26 heavy (non-hydrogen) atoms. The van der Waals surface area contributed by atoms with Gasteiger partial charge in [0.15, 0.2) is 5.13 Å². The zero-order valence-corrected chi connectivity index (χ0v) is 15.9. The van der Waals surface area contributed by atoms with Gasteiger partial charge in [-0.05, 0) is 50.8 Å². The molecule has 1 saturated heterocycles. The maximum absolute atomic E-state index is 13.1. The number of ether oxygens (including phenoxy) is 1. The minimum Gasteiger partial charge on any atom is -0.376 e. The Morgan fingerprint density at radius 1 is 1.31 bits per heavy atom. The fraction of sp³-hybridized carbons (Fsp3) is 0.421. The van der Waals surface area contributed by atoms with Crippen LogP contribution in [0.2, 0.25) is 0 Å². The molecule has 0 unspecified atom stereocenters. The van der Waals surface area contributed by atoms with Crippen LogP contribution in [0.5, 0.6) is 0 Å². The number of carbonyl (C=O) groups is 1. The fourth-order valence-corrected chi connectivity index (χ4v) is 4.34. The number of anilines is 1. The maximum atomic E-state index is 13.1. The van der Waals surface area contributed by atoms with Crippen LogP contribution < -0.4 is 4.90 Å². The van der Waals surface area contributed by atoms with E-state index in [4.69, 9.17) is 14.2 Å². The van der Waals surface area contributed by atoms with Crippen LogP contribution in [-0.2, 0) is 4.74 Å². The fourth-order valence-electron chi connectivity index (χ4n) is 3.32. The molecule has 3 heterocycles. The van der Waals surface area contributed by atoms with Gasteiger partial charge in [0.2, 0.25) is 5.76 Å². The van der Waals surface area contributed by atoms with Crippen LogP contribution in [0.15, 0.2) is 22.7 Å². The quantitative estimate of drug-likeness (QED) is 0.692. The Hall–Kier alpha value is -2.25. The van der Waals surface area contributed by atoms with Gasteiger partial charge >= 0.3 is 0 Å². The molecule has 0 saturated carbocycles. The van der Waals surface area contributed by atoms with Gasteiger partial charge in [0.25, 0.3) is 5.91 Å². The number of aromatic nitrogens is 2. The first-order valence-corrected chi connectivity index (χ1v) is 9.57. The van der Waals surface area contributed by atoms with Crippen molar-refractivity contribution in [1.29, 1.82) is 0 Å². The number of nitrogens with zero attached hydrogens (tertiary/aromatic N) is 3. The van der Waals surface area contributed by atoms with Gasteiger partial charge in [0.1, 0.15) is 0 Å². The van der Waals surface area contributed by atoms with Gasteiger partial charge < -0.3 is 9.26 Å². The summed E-state index contributed by atoms with van der Waals surface area (Å²) < 4.78 is 12.1. The maximum Gasteiger partial charge on any atom is 0.298 e. The molecule has 1 aliphatic heterocycles. The summed E-state index contributed by atoms with van der Waals surface area (Å²) in [5.41, 5.74) is 3.93. The third-order valence-electron chi connectivity index (χ3n) is 4.53. The van der Waals surface area contributed by atoms with Gasteiger partial charge in [0, 0.05) is 12.7 Å². The lowest BCUT2D eigenvalue weighted by molar-refractivity contribution is 0.0887. The standard InChI is InChI=1S/C19H21N3O3S/c1-11-7-12(2)17-15(8-11)20-19(26-17)22(10-14-5-4-6-24-14)18(23)16-9-13(3)21-25-16/h7-9,14H,4-6,10H2,1-3H3/t14-/m1/s1. The second-order valence-electron chi connectivity index (χ2n) is 6.81. The summed E-state index contributed by atoms with van der Waals surface area (Å²) in [6.07, 6.45) is 1.99. The van der Waals surface area contributed by atoms with Crippen LogP contribution in [0, 0.1) is 20.8 Å². The molecule has 1 amide bonds. The molecular weight excluding hydrogens is 350 g/mol. The molecule has 1 aromatic carbocycles. The molecule has 3 aromatic rings. The average molecular weight is 371 g/mol. The van der Waals surface area contributed by atoms with E-state index in [0.29, 0.717) is 17.4 Å². The number of amides is 1. The highest BCUT2D eigenvalue weighted by molar-refractivity contribution is 7.22. The van der Waals surface area contributed by atoms with Crippen molar-refractivity contribution in [2.45, 2.75) is 39.7 Å². The third-order valence-corrected chi connectivity index (χ3v) is 5.76. The van der Waals surface area contributed by atoms with E-state index in [1.807, 2.05) is 0 Å². The Labute approximate surface area is 155 Å². The van der Waals surface area contributed by atoms with Crippen molar-refractivity contribution in [3.8, 4) is 0 Å². The normalized spacial score (nSPS) is 17.1. The molecule has 1 aliphatic rings. The van der Waals surface area contributed by atoms with Crippen molar-refractivity contribution >= 4 is 32.6 Å². The van der Waals surface area contributed by atoms with Crippen LogP contribution in [0.1, 0.15) is 40.2 Å². The molecule has 6 nitrogen and oxygen atoms in total. The first-order valence-electron chi connectivity index (χ1n) is 8.76. The molecule has 0 spiro atoms. The monoisotopic (exact) mass is 371 g/mol. The van der Waals surface area contributed by atoms with E-state index in [2.05, 4.69) is 31.1 Å². The lowest BCUT2D eigenvalue weighted by atomic mass is 10.1. The van der Waals surface area contributed by atoms with Crippen LogP contribution in [0.4, 0.5) is 5.13 Å². The van der Waals surface area contributed by atoms with Gasteiger partial charge in [-0.15, -0.1) is 0 Å². The van der Waals surface area contributed by atoms with Crippen molar-refractivity contribution in [3.63, 3.8) is 0 Å². The van der Waals surface area contributed by atoms with Crippen LogP contribution in [0.3, 0.4) is 0 Å². The molecule has 1 fully saturated rings. The van der Waals surface area contributed by atoms with Crippen LogP contribution in [0.25, 0.3) is 10.2 Å². The number of hydrogen-bond acceptors (Lipinski definition) is 6. The molecule has 1 atom stereocenters. The van der Waals surface area contributed by atoms with E-state index in [-0.39, 0.29) is 17.8 Å². The summed E-state index contributed by atoms with van der Waals surface area (Å²) in [5.74, 6) is 0.00202. The van der Waals surface area contributed by atoms with Gasteiger partial charge in [-0.1, -0.05) is 22.6 Å². The van der Waals surface area contributed by atoms with Crippen LogP contribution >= 0.6 is 11.3 Å². The van der Waals surface area contributed by atoms with Crippen molar-refractivity contribution in [1.82, 2.24) is 10.1 Å². The van der Waals surface area contributed by atoms with Gasteiger partial charge in [-0.3, -0.25) is 9.69 Å². The average Bonchev–Trinajstić information content (AvgIpc) is 3.32.